The molecule has 0 N–H and O–H groups in total. The molecule has 0 bridgehead atoms. The fraction of sp³-hybridized carbons (Fsp3) is 0.375. The lowest BCUT2D eigenvalue weighted by Crippen LogP contribution is -2.37. The molecule has 122 valence electrons. The van der Waals surface area contributed by atoms with Crippen molar-refractivity contribution in [1.29, 1.82) is 0 Å². The Morgan fingerprint density at radius 3 is 2.74 bits per heavy atom. The Hall–Kier alpha value is -1.43. The van der Waals surface area contributed by atoms with E-state index < -0.39 is 5.56 Å². The van der Waals surface area contributed by atoms with Crippen molar-refractivity contribution in [2.75, 3.05) is 0 Å². The fourth-order valence-electron chi connectivity index (χ4n) is 2.65. The molecule has 1 aromatic heterocycles. The highest BCUT2D eigenvalue weighted by Gasteiger charge is 2.34. The number of nitrogens with zero attached hydrogens (tertiary/aromatic N) is 3. The zero-order chi connectivity index (χ0) is 16.6. The van der Waals surface area contributed by atoms with Gasteiger partial charge in [0, 0.05) is 17.6 Å². The fourth-order valence-corrected chi connectivity index (χ4v) is 2.92. The maximum Gasteiger partial charge on any atom is 0.288 e. The summed E-state index contributed by atoms with van der Waals surface area (Å²) in [7, 11) is 0. The van der Waals surface area contributed by atoms with E-state index in [2.05, 4.69) is 10.00 Å². The van der Waals surface area contributed by atoms with Gasteiger partial charge in [-0.1, -0.05) is 41.4 Å². The summed E-state index contributed by atoms with van der Waals surface area (Å²) in [6.07, 6.45) is 3.40. The summed E-state index contributed by atoms with van der Waals surface area (Å²) in [5, 5.41) is 4.13. The molecule has 0 unspecified atom stereocenters. The van der Waals surface area contributed by atoms with Crippen molar-refractivity contribution in [2.45, 2.75) is 38.5 Å². The first-order valence-corrected chi connectivity index (χ1v) is 8.16. The molecule has 1 heterocycles. The lowest BCUT2D eigenvalue weighted by Gasteiger charge is -2.29. The van der Waals surface area contributed by atoms with Crippen LogP contribution in [0.3, 0.4) is 0 Å². The average molecular weight is 356 g/mol. The van der Waals surface area contributed by atoms with Crippen molar-refractivity contribution in [3.05, 3.63) is 62.2 Å². The summed E-state index contributed by atoms with van der Waals surface area (Å²) in [6.45, 7) is 2.18. The molecule has 1 aromatic carbocycles. The van der Waals surface area contributed by atoms with E-state index in [0.29, 0.717) is 11.6 Å². The number of halogens is 3. The first kappa shape index (κ1) is 16.4. The molecule has 0 aliphatic heterocycles. The third kappa shape index (κ3) is 3.42. The summed E-state index contributed by atoms with van der Waals surface area (Å²) in [5.74, 6) is -0.250. The van der Waals surface area contributed by atoms with Gasteiger partial charge in [0.2, 0.25) is 0 Å². The molecule has 1 aliphatic carbocycles. The van der Waals surface area contributed by atoms with Crippen LogP contribution in [0.2, 0.25) is 10.0 Å². The second-order valence-electron chi connectivity index (χ2n) is 5.70. The molecule has 4 nitrogen and oxygen atoms in total. The van der Waals surface area contributed by atoms with Crippen molar-refractivity contribution < 1.29 is 4.39 Å². The predicted octanol–water partition coefficient (Wildman–Crippen LogP) is 3.87. The van der Waals surface area contributed by atoms with Crippen molar-refractivity contribution >= 4 is 23.2 Å². The number of hydrogen-bond donors (Lipinski definition) is 0. The maximum atomic E-state index is 14.1. The highest BCUT2D eigenvalue weighted by Crippen LogP contribution is 2.35. The minimum Gasteiger partial charge on any atom is -0.274 e. The van der Waals surface area contributed by atoms with E-state index >= 15 is 0 Å². The van der Waals surface area contributed by atoms with Crippen LogP contribution in [0.1, 0.15) is 31.4 Å². The molecule has 1 aliphatic rings. The van der Waals surface area contributed by atoms with Crippen LogP contribution in [-0.4, -0.2) is 20.7 Å². The summed E-state index contributed by atoms with van der Waals surface area (Å²) in [4.78, 5) is 14.2. The van der Waals surface area contributed by atoms with Crippen LogP contribution in [0.4, 0.5) is 4.39 Å². The second-order valence-corrected chi connectivity index (χ2v) is 6.48. The van der Waals surface area contributed by atoms with E-state index in [1.54, 1.807) is 12.1 Å². The van der Waals surface area contributed by atoms with Crippen LogP contribution < -0.4 is 5.56 Å². The molecule has 23 heavy (non-hydrogen) atoms. The van der Waals surface area contributed by atoms with Crippen molar-refractivity contribution in [2.24, 2.45) is 0 Å². The van der Waals surface area contributed by atoms with Gasteiger partial charge in [0.25, 0.3) is 5.56 Å². The van der Waals surface area contributed by atoms with Gasteiger partial charge < -0.3 is 0 Å². The largest absolute Gasteiger partial charge is 0.288 e. The molecule has 1 fully saturated rings. The normalized spacial score (nSPS) is 15.9. The lowest BCUT2D eigenvalue weighted by atomic mass is 10.1. The van der Waals surface area contributed by atoms with E-state index in [0.717, 1.165) is 12.8 Å². The highest BCUT2D eigenvalue weighted by atomic mass is 35.5. The van der Waals surface area contributed by atoms with Crippen LogP contribution in [0, 0.1) is 5.82 Å². The summed E-state index contributed by atoms with van der Waals surface area (Å²) in [6, 6.07) is 6.82. The molecular formula is C16H16Cl2FN3O. The molecule has 1 saturated carbocycles. The van der Waals surface area contributed by atoms with Crippen LogP contribution >= 0.6 is 23.2 Å². The third-order valence-electron chi connectivity index (χ3n) is 4.11. The van der Waals surface area contributed by atoms with E-state index in [4.69, 9.17) is 23.2 Å². The Morgan fingerprint density at radius 2 is 2.09 bits per heavy atom. The monoisotopic (exact) mass is 355 g/mol. The molecule has 0 amide bonds. The van der Waals surface area contributed by atoms with Crippen LogP contribution in [0.15, 0.2) is 35.3 Å². The first-order valence-electron chi connectivity index (χ1n) is 7.40. The van der Waals surface area contributed by atoms with Crippen LogP contribution in [-0.2, 0) is 6.67 Å². The Morgan fingerprint density at radius 1 is 1.39 bits per heavy atom. The Bertz CT molecular complexity index is 776. The Balaban J connectivity index is 1.90. The topological polar surface area (TPSA) is 38.1 Å². The van der Waals surface area contributed by atoms with Gasteiger partial charge in [-0.25, -0.2) is 9.07 Å². The van der Waals surface area contributed by atoms with Gasteiger partial charge in [-0.3, -0.25) is 9.69 Å². The van der Waals surface area contributed by atoms with E-state index in [1.165, 1.54) is 16.9 Å². The summed E-state index contributed by atoms with van der Waals surface area (Å²) < 4.78 is 15.3. The minimum atomic E-state index is -0.439. The Kier molecular flexibility index (Phi) is 4.71. The number of hydrogen-bond acceptors (Lipinski definition) is 3. The zero-order valence-electron chi connectivity index (χ0n) is 12.5. The number of rotatable bonds is 5. The smallest absolute Gasteiger partial charge is 0.274 e. The SMILES string of the molecule is C[C@@H](c1ccccc1F)N(Cn1ncc(Cl)c(Cl)c1=O)C1CC1. The molecule has 0 spiro atoms. The quantitative estimate of drug-likeness (QED) is 0.816. The Labute approximate surface area is 143 Å². The molecule has 3 rings (SSSR count). The predicted molar refractivity (Wildman–Crippen MR) is 88.2 cm³/mol. The van der Waals surface area contributed by atoms with Gasteiger partial charge in [0.05, 0.1) is 17.9 Å². The molecule has 1 atom stereocenters. The van der Waals surface area contributed by atoms with E-state index in [1.807, 2.05) is 13.0 Å². The van der Waals surface area contributed by atoms with Gasteiger partial charge in [0.1, 0.15) is 10.8 Å². The van der Waals surface area contributed by atoms with Gasteiger partial charge >= 0.3 is 0 Å². The van der Waals surface area contributed by atoms with Gasteiger partial charge in [-0.05, 0) is 25.8 Å². The van der Waals surface area contributed by atoms with E-state index in [-0.39, 0.29) is 28.6 Å². The maximum absolute atomic E-state index is 14.1. The number of aromatic nitrogens is 2. The van der Waals surface area contributed by atoms with Gasteiger partial charge in [-0.15, -0.1) is 0 Å². The van der Waals surface area contributed by atoms with Crippen molar-refractivity contribution in [1.82, 2.24) is 14.7 Å². The second kappa shape index (κ2) is 6.59. The molecule has 7 heteroatoms. The van der Waals surface area contributed by atoms with Crippen LogP contribution in [0.25, 0.3) is 0 Å². The van der Waals surface area contributed by atoms with Crippen molar-refractivity contribution in [3.63, 3.8) is 0 Å². The lowest BCUT2D eigenvalue weighted by molar-refractivity contribution is 0.137. The zero-order valence-corrected chi connectivity index (χ0v) is 14.1. The van der Waals surface area contributed by atoms with Crippen LogP contribution in [0.5, 0.6) is 0 Å². The van der Waals surface area contributed by atoms with Crippen molar-refractivity contribution in [3.8, 4) is 0 Å². The average Bonchev–Trinajstić information content (AvgIpc) is 3.37. The summed E-state index contributed by atoms with van der Waals surface area (Å²) >= 11 is 11.7. The molecule has 0 saturated heterocycles. The van der Waals surface area contributed by atoms with Gasteiger partial charge in [-0.2, -0.15) is 5.10 Å². The van der Waals surface area contributed by atoms with Gasteiger partial charge in [0.15, 0.2) is 0 Å². The van der Waals surface area contributed by atoms with E-state index in [9.17, 15) is 9.18 Å². The number of benzene rings is 1. The first-order chi connectivity index (χ1) is 11.0. The minimum absolute atomic E-state index is 0.0454. The standard InChI is InChI=1S/C16H16Cl2FN3O/c1-10(12-4-2-3-5-14(12)19)21(11-6-7-11)9-22-16(23)15(18)13(17)8-20-22/h2-5,8,10-11H,6-7,9H2,1H3/t10-/m0/s1. The summed E-state index contributed by atoms with van der Waals surface area (Å²) in [5.41, 5.74) is 0.165. The third-order valence-corrected chi connectivity index (χ3v) is 4.86. The highest BCUT2D eigenvalue weighted by molar-refractivity contribution is 6.41. The molecular weight excluding hydrogens is 340 g/mol. The molecule has 2 aromatic rings. The molecule has 0 radical (unpaired) electrons.